The van der Waals surface area contributed by atoms with E-state index in [0.29, 0.717) is 12.2 Å². The highest BCUT2D eigenvalue weighted by molar-refractivity contribution is 6.31. The van der Waals surface area contributed by atoms with E-state index in [1.165, 1.54) is 0 Å². The summed E-state index contributed by atoms with van der Waals surface area (Å²) in [6.45, 7) is 2.34. The Hall–Kier alpha value is -1.46. The molecule has 1 atom stereocenters. The fraction of sp³-hybridized carbons (Fsp3) is 0.250. The van der Waals surface area contributed by atoms with Gasteiger partial charge >= 0.3 is 0 Å². The lowest BCUT2D eigenvalue weighted by Gasteiger charge is -2.05. The minimum atomic E-state index is -0.677. The normalized spacial score (nSPS) is 12.7. The molecule has 2 N–H and O–H groups in total. The summed E-state index contributed by atoms with van der Waals surface area (Å²) in [4.78, 5) is 0. The second-order valence-corrected chi connectivity index (χ2v) is 4.56. The van der Waals surface area contributed by atoms with Crippen LogP contribution in [0.2, 0.25) is 5.02 Å². The van der Waals surface area contributed by atoms with E-state index in [-0.39, 0.29) is 16.6 Å². The fourth-order valence-corrected chi connectivity index (χ4v) is 1.85. The zero-order chi connectivity index (χ0) is 13.3. The van der Waals surface area contributed by atoms with Crippen molar-refractivity contribution in [3.63, 3.8) is 0 Å². The fourth-order valence-electron chi connectivity index (χ4n) is 1.64. The van der Waals surface area contributed by atoms with Crippen molar-refractivity contribution in [1.29, 1.82) is 0 Å². The van der Waals surface area contributed by atoms with Crippen molar-refractivity contribution in [1.82, 2.24) is 9.78 Å². The molecule has 96 valence electrons. The van der Waals surface area contributed by atoms with Crippen LogP contribution in [0.1, 0.15) is 6.92 Å². The van der Waals surface area contributed by atoms with Crippen LogP contribution in [-0.2, 0) is 6.54 Å². The molecule has 0 aliphatic heterocycles. The van der Waals surface area contributed by atoms with Gasteiger partial charge in [0.25, 0.3) is 0 Å². The lowest BCUT2D eigenvalue weighted by atomic mass is 10.1. The zero-order valence-corrected chi connectivity index (χ0v) is 10.5. The van der Waals surface area contributed by atoms with Crippen molar-refractivity contribution in [2.75, 3.05) is 0 Å². The average Bonchev–Trinajstić information content (AvgIpc) is 2.70. The molecule has 1 aromatic carbocycles. The first-order valence-electron chi connectivity index (χ1n) is 5.41. The van der Waals surface area contributed by atoms with Crippen molar-refractivity contribution in [2.24, 2.45) is 5.73 Å². The summed E-state index contributed by atoms with van der Waals surface area (Å²) in [6, 6.07) is 3.52. The van der Waals surface area contributed by atoms with Gasteiger partial charge in [0, 0.05) is 17.8 Å². The van der Waals surface area contributed by atoms with Gasteiger partial charge in [-0.2, -0.15) is 5.10 Å². The number of aromatic nitrogens is 2. The third kappa shape index (κ3) is 2.68. The van der Waals surface area contributed by atoms with E-state index in [2.05, 4.69) is 5.10 Å². The Morgan fingerprint density at radius 2 is 2.17 bits per heavy atom. The molecule has 1 unspecified atom stereocenters. The van der Waals surface area contributed by atoms with E-state index in [1.807, 2.05) is 6.92 Å². The molecule has 1 aromatic heterocycles. The topological polar surface area (TPSA) is 43.8 Å². The third-order valence-electron chi connectivity index (χ3n) is 2.38. The van der Waals surface area contributed by atoms with Crippen LogP contribution >= 0.6 is 11.6 Å². The summed E-state index contributed by atoms with van der Waals surface area (Å²) >= 11 is 5.59. The smallest absolute Gasteiger partial charge is 0.151 e. The summed E-state index contributed by atoms with van der Waals surface area (Å²) in [7, 11) is 0. The van der Waals surface area contributed by atoms with E-state index in [0.717, 1.165) is 12.1 Å². The third-order valence-corrected chi connectivity index (χ3v) is 2.66. The van der Waals surface area contributed by atoms with Crippen LogP contribution in [0, 0.1) is 11.6 Å². The van der Waals surface area contributed by atoms with Gasteiger partial charge in [0.2, 0.25) is 0 Å². The highest BCUT2D eigenvalue weighted by Crippen LogP contribution is 2.27. The summed E-state index contributed by atoms with van der Waals surface area (Å²) in [6.07, 6.45) is 1.66. The van der Waals surface area contributed by atoms with Crippen LogP contribution in [-0.4, -0.2) is 15.8 Å². The lowest BCUT2D eigenvalue weighted by molar-refractivity contribution is 0.539. The van der Waals surface area contributed by atoms with Crippen LogP contribution in [0.3, 0.4) is 0 Å². The van der Waals surface area contributed by atoms with Crippen molar-refractivity contribution < 1.29 is 8.78 Å². The van der Waals surface area contributed by atoms with Crippen LogP contribution in [0.4, 0.5) is 8.78 Å². The molecule has 2 aromatic rings. The minimum absolute atomic E-state index is 0.0448. The van der Waals surface area contributed by atoms with Gasteiger partial charge in [-0.15, -0.1) is 0 Å². The quantitative estimate of drug-likeness (QED) is 0.873. The molecular weight excluding hydrogens is 260 g/mol. The molecule has 6 heteroatoms. The van der Waals surface area contributed by atoms with E-state index >= 15 is 0 Å². The van der Waals surface area contributed by atoms with Crippen molar-refractivity contribution >= 4 is 11.6 Å². The largest absolute Gasteiger partial charge is 0.326 e. The second kappa shape index (κ2) is 5.04. The highest BCUT2D eigenvalue weighted by atomic mass is 35.5. The molecule has 2 rings (SSSR count). The molecular formula is C12H12ClF2N3. The van der Waals surface area contributed by atoms with Crippen LogP contribution in [0.25, 0.3) is 11.3 Å². The van der Waals surface area contributed by atoms with Gasteiger partial charge in [-0.1, -0.05) is 11.6 Å². The first-order valence-corrected chi connectivity index (χ1v) is 5.79. The maximum atomic E-state index is 13.8. The zero-order valence-electron chi connectivity index (χ0n) is 9.70. The first kappa shape index (κ1) is 13.0. The highest BCUT2D eigenvalue weighted by Gasteiger charge is 2.14. The van der Waals surface area contributed by atoms with E-state index in [1.54, 1.807) is 16.9 Å². The predicted octanol–water partition coefficient (Wildman–Crippen LogP) is 2.83. The maximum Gasteiger partial charge on any atom is 0.151 e. The summed E-state index contributed by atoms with van der Waals surface area (Å²) < 4.78 is 28.6. The van der Waals surface area contributed by atoms with Crippen molar-refractivity contribution in [3.05, 3.63) is 41.1 Å². The summed E-state index contributed by atoms with van der Waals surface area (Å²) in [5.41, 5.74) is 6.01. The maximum absolute atomic E-state index is 13.8. The summed E-state index contributed by atoms with van der Waals surface area (Å²) in [5, 5.41) is 3.88. The van der Waals surface area contributed by atoms with Crippen LogP contribution in [0.15, 0.2) is 24.4 Å². The van der Waals surface area contributed by atoms with Crippen molar-refractivity contribution in [2.45, 2.75) is 19.5 Å². The van der Waals surface area contributed by atoms with Gasteiger partial charge in [-0.25, -0.2) is 8.78 Å². The molecule has 0 aliphatic carbocycles. The van der Waals surface area contributed by atoms with E-state index in [4.69, 9.17) is 17.3 Å². The van der Waals surface area contributed by atoms with Gasteiger partial charge in [-0.05, 0) is 25.1 Å². The number of nitrogens with two attached hydrogens (primary N) is 1. The SMILES string of the molecule is CC(N)Cn1ccc(-c2cc(F)cc(Cl)c2F)n1. The number of nitrogens with zero attached hydrogens (tertiary/aromatic N) is 2. The molecule has 3 nitrogen and oxygen atoms in total. The predicted molar refractivity (Wildman–Crippen MR) is 66.2 cm³/mol. The van der Waals surface area contributed by atoms with Crippen LogP contribution < -0.4 is 5.73 Å². The standard InChI is InChI=1S/C12H12ClF2N3/c1-7(16)6-18-3-2-11(17-18)9-4-8(14)5-10(13)12(9)15/h2-5,7H,6,16H2,1H3. The molecule has 0 fully saturated rings. The second-order valence-electron chi connectivity index (χ2n) is 4.15. The first-order chi connectivity index (χ1) is 8.47. The molecule has 0 aliphatic rings. The molecule has 0 saturated heterocycles. The monoisotopic (exact) mass is 271 g/mol. The number of rotatable bonds is 3. The Kier molecular flexibility index (Phi) is 3.63. The Morgan fingerprint density at radius 3 is 2.83 bits per heavy atom. The van der Waals surface area contributed by atoms with Gasteiger partial charge < -0.3 is 5.73 Å². The van der Waals surface area contributed by atoms with Gasteiger partial charge in [0.1, 0.15) is 5.82 Å². The number of halogens is 3. The molecule has 0 saturated carbocycles. The Morgan fingerprint density at radius 1 is 1.44 bits per heavy atom. The molecule has 0 bridgehead atoms. The van der Waals surface area contributed by atoms with Crippen LogP contribution in [0.5, 0.6) is 0 Å². The average molecular weight is 272 g/mol. The van der Waals surface area contributed by atoms with E-state index in [9.17, 15) is 8.78 Å². The Bertz CT molecular complexity index is 566. The number of benzene rings is 1. The van der Waals surface area contributed by atoms with Gasteiger partial charge in [0.05, 0.1) is 17.3 Å². The molecule has 0 radical (unpaired) electrons. The molecule has 0 spiro atoms. The number of hydrogen-bond donors (Lipinski definition) is 1. The molecule has 18 heavy (non-hydrogen) atoms. The molecule has 1 heterocycles. The minimum Gasteiger partial charge on any atom is -0.326 e. The molecule has 0 amide bonds. The van der Waals surface area contributed by atoms with Gasteiger partial charge in [0.15, 0.2) is 5.82 Å². The lowest BCUT2D eigenvalue weighted by Crippen LogP contribution is -2.22. The Balaban J connectivity index is 2.40. The van der Waals surface area contributed by atoms with Gasteiger partial charge in [-0.3, -0.25) is 4.68 Å². The number of hydrogen-bond acceptors (Lipinski definition) is 2. The Labute approximate surface area is 108 Å². The summed E-state index contributed by atoms with van der Waals surface area (Å²) in [5.74, 6) is -1.28. The van der Waals surface area contributed by atoms with Crippen molar-refractivity contribution in [3.8, 4) is 11.3 Å². The van der Waals surface area contributed by atoms with E-state index < -0.39 is 11.6 Å².